The zero-order valence-corrected chi connectivity index (χ0v) is 8.96. The second kappa shape index (κ2) is 4.52. The van der Waals surface area contributed by atoms with Crippen LogP contribution in [0.5, 0.6) is 11.6 Å². The Morgan fingerprint density at radius 1 is 1.18 bits per heavy atom. The third kappa shape index (κ3) is 2.34. The molecule has 0 saturated heterocycles. The highest BCUT2D eigenvalue weighted by molar-refractivity contribution is 5.95. The molecule has 5 heteroatoms. The average molecular weight is 229 g/mol. The molecule has 2 aromatic rings. The van der Waals surface area contributed by atoms with Crippen molar-refractivity contribution >= 4 is 11.6 Å². The standard InChI is InChI=1S/C12H11N3O2/c13-9-5-3-7-15-12(9)17-10-6-2-1-4-8(10)11(14)16/h1-7H,13H2,(H2,14,16). The highest BCUT2D eigenvalue weighted by Gasteiger charge is 2.10. The number of para-hydroxylation sites is 1. The molecule has 1 heterocycles. The quantitative estimate of drug-likeness (QED) is 0.835. The van der Waals surface area contributed by atoms with Gasteiger partial charge in [0.25, 0.3) is 5.91 Å². The van der Waals surface area contributed by atoms with Gasteiger partial charge in [-0.2, -0.15) is 0 Å². The highest BCUT2D eigenvalue weighted by atomic mass is 16.5. The number of carbonyl (C=O) groups excluding carboxylic acids is 1. The van der Waals surface area contributed by atoms with Crippen LogP contribution in [0.2, 0.25) is 0 Å². The van der Waals surface area contributed by atoms with Crippen molar-refractivity contribution < 1.29 is 9.53 Å². The Kier molecular flexibility index (Phi) is 2.91. The van der Waals surface area contributed by atoms with Gasteiger partial charge in [0.05, 0.1) is 11.3 Å². The van der Waals surface area contributed by atoms with E-state index >= 15 is 0 Å². The monoisotopic (exact) mass is 229 g/mol. The number of aromatic nitrogens is 1. The first-order valence-electron chi connectivity index (χ1n) is 4.95. The molecule has 0 unspecified atom stereocenters. The SMILES string of the molecule is NC(=O)c1ccccc1Oc1ncccc1N. The number of hydrogen-bond acceptors (Lipinski definition) is 4. The maximum Gasteiger partial charge on any atom is 0.252 e. The van der Waals surface area contributed by atoms with Crippen molar-refractivity contribution in [2.75, 3.05) is 5.73 Å². The first-order valence-corrected chi connectivity index (χ1v) is 4.95. The van der Waals surface area contributed by atoms with Crippen molar-refractivity contribution in [3.63, 3.8) is 0 Å². The minimum atomic E-state index is -0.560. The van der Waals surface area contributed by atoms with Gasteiger partial charge in [0.2, 0.25) is 5.88 Å². The summed E-state index contributed by atoms with van der Waals surface area (Å²) in [5.74, 6) is 0.0294. The largest absolute Gasteiger partial charge is 0.436 e. The molecule has 2 rings (SSSR count). The second-order valence-corrected chi connectivity index (χ2v) is 3.36. The van der Waals surface area contributed by atoms with E-state index in [1.54, 1.807) is 42.6 Å². The van der Waals surface area contributed by atoms with E-state index in [-0.39, 0.29) is 11.4 Å². The summed E-state index contributed by atoms with van der Waals surface area (Å²) >= 11 is 0. The number of amides is 1. The fourth-order valence-corrected chi connectivity index (χ4v) is 1.35. The van der Waals surface area contributed by atoms with Crippen molar-refractivity contribution in [2.24, 2.45) is 5.73 Å². The molecule has 0 aliphatic rings. The first-order chi connectivity index (χ1) is 8.18. The van der Waals surface area contributed by atoms with Crippen LogP contribution in [0, 0.1) is 0 Å². The second-order valence-electron chi connectivity index (χ2n) is 3.36. The Morgan fingerprint density at radius 3 is 2.65 bits per heavy atom. The molecule has 1 aromatic heterocycles. The van der Waals surface area contributed by atoms with E-state index in [9.17, 15) is 4.79 Å². The molecule has 0 aliphatic heterocycles. The van der Waals surface area contributed by atoms with Crippen molar-refractivity contribution in [3.8, 4) is 11.6 Å². The molecule has 17 heavy (non-hydrogen) atoms. The number of nitrogen functional groups attached to an aromatic ring is 1. The van der Waals surface area contributed by atoms with Gasteiger partial charge in [0, 0.05) is 6.20 Å². The molecule has 0 atom stereocenters. The lowest BCUT2D eigenvalue weighted by atomic mass is 10.2. The zero-order chi connectivity index (χ0) is 12.3. The van der Waals surface area contributed by atoms with Gasteiger partial charge in [-0.05, 0) is 24.3 Å². The molecular formula is C12H11N3O2. The molecule has 86 valence electrons. The molecule has 0 aliphatic carbocycles. The smallest absolute Gasteiger partial charge is 0.252 e. The third-order valence-corrected chi connectivity index (χ3v) is 2.16. The van der Waals surface area contributed by atoms with Gasteiger partial charge in [-0.25, -0.2) is 4.98 Å². The van der Waals surface area contributed by atoms with Crippen molar-refractivity contribution in [2.45, 2.75) is 0 Å². The number of pyridine rings is 1. The highest BCUT2D eigenvalue weighted by Crippen LogP contribution is 2.26. The normalized spacial score (nSPS) is 9.88. The van der Waals surface area contributed by atoms with Gasteiger partial charge < -0.3 is 16.2 Å². The zero-order valence-electron chi connectivity index (χ0n) is 8.96. The summed E-state index contributed by atoms with van der Waals surface area (Å²) < 4.78 is 5.46. The number of benzene rings is 1. The van der Waals surface area contributed by atoms with Crippen molar-refractivity contribution in [3.05, 3.63) is 48.2 Å². The van der Waals surface area contributed by atoms with Crippen LogP contribution in [-0.4, -0.2) is 10.9 Å². The van der Waals surface area contributed by atoms with Gasteiger partial charge in [0.1, 0.15) is 5.75 Å². The van der Waals surface area contributed by atoms with Crippen LogP contribution in [0.15, 0.2) is 42.6 Å². The van der Waals surface area contributed by atoms with Gasteiger partial charge >= 0.3 is 0 Å². The average Bonchev–Trinajstić information content (AvgIpc) is 2.32. The Balaban J connectivity index is 2.37. The molecule has 5 nitrogen and oxygen atoms in total. The summed E-state index contributed by atoms with van der Waals surface area (Å²) in [4.78, 5) is 15.2. The molecular weight excluding hydrogens is 218 g/mol. The van der Waals surface area contributed by atoms with E-state index in [0.29, 0.717) is 11.4 Å². The van der Waals surface area contributed by atoms with E-state index in [1.807, 2.05) is 0 Å². The van der Waals surface area contributed by atoms with Crippen LogP contribution in [0.25, 0.3) is 0 Å². The Labute approximate surface area is 98.0 Å². The van der Waals surface area contributed by atoms with E-state index < -0.39 is 5.91 Å². The van der Waals surface area contributed by atoms with Gasteiger partial charge in [-0.1, -0.05) is 12.1 Å². The fraction of sp³-hybridized carbons (Fsp3) is 0. The molecule has 1 aromatic carbocycles. The lowest BCUT2D eigenvalue weighted by Crippen LogP contribution is -2.12. The lowest BCUT2D eigenvalue weighted by molar-refractivity contribution is 0.0998. The van der Waals surface area contributed by atoms with Gasteiger partial charge in [-0.3, -0.25) is 4.79 Å². The molecule has 0 saturated carbocycles. The molecule has 4 N–H and O–H groups in total. The predicted molar refractivity (Wildman–Crippen MR) is 63.7 cm³/mol. The van der Waals surface area contributed by atoms with Gasteiger partial charge in [0.15, 0.2) is 0 Å². The van der Waals surface area contributed by atoms with E-state index in [1.165, 1.54) is 0 Å². The van der Waals surface area contributed by atoms with Crippen molar-refractivity contribution in [1.29, 1.82) is 0 Å². The number of nitrogens with two attached hydrogens (primary N) is 2. The van der Waals surface area contributed by atoms with Crippen LogP contribution in [0.1, 0.15) is 10.4 Å². The fourth-order valence-electron chi connectivity index (χ4n) is 1.35. The Hall–Kier alpha value is -2.56. The van der Waals surface area contributed by atoms with E-state index in [2.05, 4.69) is 4.98 Å². The minimum absolute atomic E-state index is 0.251. The first kappa shape index (κ1) is 10.9. The topological polar surface area (TPSA) is 91.2 Å². The summed E-state index contributed by atoms with van der Waals surface area (Å²) in [7, 11) is 0. The summed E-state index contributed by atoms with van der Waals surface area (Å²) in [5.41, 5.74) is 11.6. The third-order valence-electron chi connectivity index (χ3n) is 2.16. The minimum Gasteiger partial charge on any atom is -0.436 e. The number of carbonyl (C=O) groups is 1. The van der Waals surface area contributed by atoms with Crippen LogP contribution in [0.4, 0.5) is 5.69 Å². The lowest BCUT2D eigenvalue weighted by Gasteiger charge is -2.09. The molecule has 1 amide bonds. The summed E-state index contributed by atoms with van der Waals surface area (Å²) in [5, 5.41) is 0. The van der Waals surface area contributed by atoms with E-state index in [0.717, 1.165) is 0 Å². The Morgan fingerprint density at radius 2 is 1.94 bits per heavy atom. The van der Waals surface area contributed by atoms with Gasteiger partial charge in [-0.15, -0.1) is 0 Å². The molecule has 0 radical (unpaired) electrons. The number of primary amides is 1. The Bertz CT molecular complexity index is 555. The van der Waals surface area contributed by atoms with Crippen LogP contribution in [-0.2, 0) is 0 Å². The number of nitrogens with zero attached hydrogens (tertiary/aromatic N) is 1. The maximum absolute atomic E-state index is 11.2. The predicted octanol–water partition coefficient (Wildman–Crippen LogP) is 1.55. The van der Waals surface area contributed by atoms with Crippen LogP contribution >= 0.6 is 0 Å². The number of ether oxygens (including phenoxy) is 1. The summed E-state index contributed by atoms with van der Waals surface area (Å²) in [6, 6.07) is 10.0. The number of hydrogen-bond donors (Lipinski definition) is 2. The molecule has 0 fully saturated rings. The van der Waals surface area contributed by atoms with Crippen molar-refractivity contribution in [1.82, 2.24) is 4.98 Å². The van der Waals surface area contributed by atoms with Crippen LogP contribution < -0.4 is 16.2 Å². The maximum atomic E-state index is 11.2. The van der Waals surface area contributed by atoms with Crippen LogP contribution in [0.3, 0.4) is 0 Å². The molecule has 0 spiro atoms. The summed E-state index contributed by atoms with van der Waals surface area (Å²) in [6.45, 7) is 0. The number of anilines is 1. The number of rotatable bonds is 3. The summed E-state index contributed by atoms with van der Waals surface area (Å²) in [6.07, 6.45) is 1.55. The van der Waals surface area contributed by atoms with E-state index in [4.69, 9.17) is 16.2 Å². The molecule has 0 bridgehead atoms.